The molecule has 0 aliphatic carbocycles. The Labute approximate surface area is 91.2 Å². The van der Waals surface area contributed by atoms with Crippen LogP contribution in [0.4, 0.5) is 0 Å². The molecule has 0 aliphatic rings. The zero-order valence-corrected chi connectivity index (χ0v) is 8.94. The van der Waals surface area contributed by atoms with Crippen LogP contribution in [0.5, 0.6) is 0 Å². The van der Waals surface area contributed by atoms with Crippen LogP contribution in [0.25, 0.3) is 0 Å². The number of nitrogens with zero attached hydrogens (tertiary/aromatic N) is 3. The number of amides is 1. The first kappa shape index (κ1) is 10.3. The monoisotopic (exact) mass is 221 g/mol. The molecule has 7 heteroatoms. The number of carbonyl (C=O) groups excluding carboxylic acids is 1. The SMILES string of the molecule is Cc1cc(C(=O)NCc2noc(C)n2)n[nH]1. The van der Waals surface area contributed by atoms with Crippen molar-refractivity contribution in [2.75, 3.05) is 0 Å². The molecule has 0 saturated carbocycles. The van der Waals surface area contributed by atoms with Crippen molar-refractivity contribution in [2.45, 2.75) is 20.4 Å². The number of H-pyrrole nitrogens is 1. The van der Waals surface area contributed by atoms with Gasteiger partial charge in [-0.25, -0.2) is 0 Å². The van der Waals surface area contributed by atoms with Gasteiger partial charge >= 0.3 is 0 Å². The fourth-order valence-corrected chi connectivity index (χ4v) is 1.20. The molecule has 0 radical (unpaired) electrons. The van der Waals surface area contributed by atoms with Gasteiger partial charge in [0.15, 0.2) is 5.82 Å². The maximum atomic E-state index is 11.6. The zero-order valence-electron chi connectivity index (χ0n) is 8.94. The third kappa shape index (κ3) is 2.25. The number of hydrogen-bond acceptors (Lipinski definition) is 5. The Kier molecular flexibility index (Phi) is 2.67. The summed E-state index contributed by atoms with van der Waals surface area (Å²) in [6.45, 7) is 3.74. The van der Waals surface area contributed by atoms with E-state index in [-0.39, 0.29) is 12.5 Å². The zero-order chi connectivity index (χ0) is 11.5. The van der Waals surface area contributed by atoms with Gasteiger partial charge in [0.1, 0.15) is 5.69 Å². The standard InChI is InChI=1S/C9H11N5O2/c1-5-3-7(13-12-5)9(15)10-4-8-11-6(2)16-14-8/h3H,4H2,1-2H3,(H,10,15)(H,12,13). The normalized spacial score (nSPS) is 10.4. The van der Waals surface area contributed by atoms with E-state index < -0.39 is 0 Å². The fourth-order valence-electron chi connectivity index (χ4n) is 1.20. The molecule has 0 spiro atoms. The fraction of sp³-hybridized carbons (Fsp3) is 0.333. The van der Waals surface area contributed by atoms with Crippen LogP contribution in [0.3, 0.4) is 0 Å². The van der Waals surface area contributed by atoms with Crippen molar-refractivity contribution >= 4 is 5.91 Å². The van der Waals surface area contributed by atoms with Crippen molar-refractivity contribution in [1.29, 1.82) is 0 Å². The van der Waals surface area contributed by atoms with Crippen molar-refractivity contribution in [3.63, 3.8) is 0 Å². The summed E-state index contributed by atoms with van der Waals surface area (Å²) in [4.78, 5) is 15.5. The second-order valence-electron chi connectivity index (χ2n) is 3.35. The van der Waals surface area contributed by atoms with Gasteiger partial charge in [-0.15, -0.1) is 0 Å². The van der Waals surface area contributed by atoms with Crippen LogP contribution < -0.4 is 5.32 Å². The van der Waals surface area contributed by atoms with E-state index in [1.165, 1.54) is 0 Å². The average molecular weight is 221 g/mol. The van der Waals surface area contributed by atoms with Gasteiger partial charge in [-0.1, -0.05) is 5.16 Å². The minimum atomic E-state index is -0.271. The molecule has 16 heavy (non-hydrogen) atoms. The van der Waals surface area contributed by atoms with Crippen LogP contribution in [0.1, 0.15) is 27.9 Å². The largest absolute Gasteiger partial charge is 0.343 e. The Morgan fingerprint density at radius 2 is 2.38 bits per heavy atom. The van der Waals surface area contributed by atoms with Crippen LogP contribution in [-0.2, 0) is 6.54 Å². The van der Waals surface area contributed by atoms with Crippen molar-refractivity contribution in [3.8, 4) is 0 Å². The van der Waals surface area contributed by atoms with E-state index in [2.05, 4.69) is 25.7 Å². The number of hydrogen-bond donors (Lipinski definition) is 2. The molecule has 2 heterocycles. The minimum absolute atomic E-state index is 0.224. The highest BCUT2D eigenvalue weighted by Crippen LogP contribution is 1.98. The number of aromatic amines is 1. The Bertz CT molecular complexity index is 501. The summed E-state index contributed by atoms with van der Waals surface area (Å²) < 4.78 is 4.77. The van der Waals surface area contributed by atoms with E-state index in [0.717, 1.165) is 5.69 Å². The van der Waals surface area contributed by atoms with Gasteiger partial charge in [0.2, 0.25) is 5.89 Å². The van der Waals surface area contributed by atoms with Crippen LogP contribution in [-0.4, -0.2) is 26.2 Å². The quantitative estimate of drug-likeness (QED) is 0.778. The Hall–Kier alpha value is -2.18. The molecule has 2 aromatic rings. The molecule has 2 aromatic heterocycles. The lowest BCUT2D eigenvalue weighted by Gasteiger charge is -1.97. The third-order valence-corrected chi connectivity index (χ3v) is 1.92. The molecule has 84 valence electrons. The summed E-state index contributed by atoms with van der Waals surface area (Å²) in [7, 11) is 0. The lowest BCUT2D eigenvalue weighted by Crippen LogP contribution is -2.23. The first-order chi connectivity index (χ1) is 7.65. The molecule has 0 fully saturated rings. The molecule has 0 aliphatic heterocycles. The maximum Gasteiger partial charge on any atom is 0.272 e. The first-order valence-corrected chi connectivity index (χ1v) is 4.74. The molecule has 0 aromatic carbocycles. The second-order valence-corrected chi connectivity index (χ2v) is 3.35. The predicted molar refractivity (Wildman–Crippen MR) is 53.5 cm³/mol. The van der Waals surface area contributed by atoms with E-state index in [1.54, 1.807) is 13.0 Å². The molecular formula is C9H11N5O2. The molecule has 0 atom stereocenters. The van der Waals surface area contributed by atoms with Crippen LogP contribution in [0.2, 0.25) is 0 Å². The van der Waals surface area contributed by atoms with Crippen molar-refractivity contribution < 1.29 is 9.32 Å². The van der Waals surface area contributed by atoms with E-state index in [9.17, 15) is 4.79 Å². The van der Waals surface area contributed by atoms with Gasteiger partial charge in [0.05, 0.1) is 6.54 Å². The number of aromatic nitrogens is 4. The van der Waals surface area contributed by atoms with E-state index >= 15 is 0 Å². The third-order valence-electron chi connectivity index (χ3n) is 1.92. The smallest absolute Gasteiger partial charge is 0.272 e. The Balaban J connectivity index is 1.93. The van der Waals surface area contributed by atoms with Gasteiger partial charge in [-0.2, -0.15) is 10.1 Å². The summed E-state index contributed by atoms with van der Waals surface area (Å²) in [6, 6.07) is 1.66. The highest BCUT2D eigenvalue weighted by molar-refractivity contribution is 5.92. The Morgan fingerprint density at radius 3 is 2.94 bits per heavy atom. The highest BCUT2D eigenvalue weighted by Gasteiger charge is 2.10. The van der Waals surface area contributed by atoms with Crippen molar-refractivity contribution in [2.24, 2.45) is 0 Å². The molecular weight excluding hydrogens is 210 g/mol. The molecule has 7 nitrogen and oxygen atoms in total. The van der Waals surface area contributed by atoms with E-state index in [4.69, 9.17) is 4.52 Å². The van der Waals surface area contributed by atoms with E-state index in [0.29, 0.717) is 17.4 Å². The summed E-state index contributed by atoms with van der Waals surface area (Å²) in [5.41, 5.74) is 1.18. The minimum Gasteiger partial charge on any atom is -0.343 e. The van der Waals surface area contributed by atoms with Gasteiger partial charge < -0.3 is 9.84 Å². The van der Waals surface area contributed by atoms with Crippen molar-refractivity contribution in [1.82, 2.24) is 25.7 Å². The maximum absolute atomic E-state index is 11.6. The van der Waals surface area contributed by atoms with E-state index in [1.807, 2.05) is 6.92 Å². The summed E-state index contributed by atoms with van der Waals surface area (Å²) in [5.74, 6) is 0.643. The van der Waals surface area contributed by atoms with Gasteiger partial charge in [-0.05, 0) is 13.0 Å². The van der Waals surface area contributed by atoms with Crippen molar-refractivity contribution in [3.05, 3.63) is 29.2 Å². The van der Waals surface area contributed by atoms with Crippen LogP contribution in [0, 0.1) is 13.8 Å². The van der Waals surface area contributed by atoms with Gasteiger partial charge in [0, 0.05) is 12.6 Å². The second kappa shape index (κ2) is 4.13. The average Bonchev–Trinajstić information content (AvgIpc) is 2.84. The molecule has 1 amide bonds. The number of aryl methyl sites for hydroxylation is 2. The topological polar surface area (TPSA) is 96.7 Å². The molecule has 0 saturated heterocycles. The summed E-state index contributed by atoms with van der Waals surface area (Å²) in [6.07, 6.45) is 0. The molecule has 0 unspecified atom stereocenters. The van der Waals surface area contributed by atoms with Crippen LogP contribution >= 0.6 is 0 Å². The van der Waals surface area contributed by atoms with Crippen LogP contribution in [0.15, 0.2) is 10.6 Å². The first-order valence-electron chi connectivity index (χ1n) is 4.74. The van der Waals surface area contributed by atoms with Gasteiger partial charge in [0.25, 0.3) is 5.91 Å². The summed E-state index contributed by atoms with van der Waals surface area (Å²) in [5, 5.41) is 12.8. The van der Waals surface area contributed by atoms with Gasteiger partial charge in [-0.3, -0.25) is 9.89 Å². The summed E-state index contributed by atoms with van der Waals surface area (Å²) >= 11 is 0. The molecule has 2 rings (SSSR count). The Morgan fingerprint density at radius 1 is 1.56 bits per heavy atom. The lowest BCUT2D eigenvalue weighted by molar-refractivity contribution is 0.0944. The highest BCUT2D eigenvalue weighted by atomic mass is 16.5. The number of nitrogens with one attached hydrogen (secondary N) is 2. The predicted octanol–water partition coefficient (Wildman–Crippen LogP) is 0.340. The lowest BCUT2D eigenvalue weighted by atomic mass is 10.3. The molecule has 2 N–H and O–H groups in total. The number of rotatable bonds is 3. The number of carbonyl (C=O) groups is 1. The molecule has 0 bridgehead atoms.